The average Bonchev–Trinajstić information content (AvgIpc) is 2.56. The predicted octanol–water partition coefficient (Wildman–Crippen LogP) is 1.44. The van der Waals surface area contributed by atoms with Gasteiger partial charge >= 0.3 is 0 Å². The molecule has 0 atom stereocenters. The van der Waals surface area contributed by atoms with Crippen LogP contribution in [0.4, 0.5) is 11.4 Å². The Bertz CT molecular complexity index is 864. The summed E-state index contributed by atoms with van der Waals surface area (Å²) in [5, 5.41) is 19.2. The lowest BCUT2D eigenvalue weighted by molar-refractivity contribution is -0.385. The van der Waals surface area contributed by atoms with Gasteiger partial charge in [0.25, 0.3) is 15.7 Å². The van der Waals surface area contributed by atoms with E-state index in [0.29, 0.717) is 5.56 Å². The van der Waals surface area contributed by atoms with Gasteiger partial charge in [-0.05, 0) is 23.8 Å². The Morgan fingerprint density at radius 1 is 1.17 bits per heavy atom. The molecule has 0 aliphatic rings. The third-order valence-electron chi connectivity index (χ3n) is 3.03. The SMILES string of the molecule is O=C(Cc1ccc(NS(=O)(=O)c2cccc([N+](=O)[O-])c2)cc1)NO. The third-order valence-corrected chi connectivity index (χ3v) is 4.41. The van der Waals surface area contributed by atoms with Gasteiger partial charge in [-0.3, -0.25) is 24.8 Å². The summed E-state index contributed by atoms with van der Waals surface area (Å²) in [4.78, 5) is 20.9. The highest BCUT2D eigenvalue weighted by molar-refractivity contribution is 7.92. The number of hydroxylamine groups is 1. The van der Waals surface area contributed by atoms with E-state index in [4.69, 9.17) is 5.21 Å². The molecule has 1 amide bonds. The first-order valence-electron chi connectivity index (χ1n) is 6.61. The molecule has 126 valence electrons. The molecule has 0 saturated carbocycles. The Labute approximate surface area is 137 Å². The minimum atomic E-state index is -3.98. The molecule has 2 aromatic carbocycles. The number of non-ortho nitro benzene ring substituents is 1. The fourth-order valence-corrected chi connectivity index (χ4v) is 2.99. The molecule has 0 saturated heterocycles. The molecule has 2 rings (SSSR count). The van der Waals surface area contributed by atoms with Crippen molar-refractivity contribution in [1.29, 1.82) is 0 Å². The molecule has 0 unspecified atom stereocenters. The van der Waals surface area contributed by atoms with E-state index in [1.165, 1.54) is 47.9 Å². The van der Waals surface area contributed by atoms with E-state index in [1.54, 1.807) is 0 Å². The first-order chi connectivity index (χ1) is 11.3. The number of nitro benzene ring substituents is 1. The molecule has 0 radical (unpaired) electrons. The van der Waals surface area contributed by atoms with Crippen LogP contribution in [0.2, 0.25) is 0 Å². The highest BCUT2D eigenvalue weighted by atomic mass is 32.2. The molecule has 0 fully saturated rings. The minimum Gasteiger partial charge on any atom is -0.289 e. The molecule has 10 heteroatoms. The summed E-state index contributed by atoms with van der Waals surface area (Å²) in [6, 6.07) is 10.6. The number of nitrogens with zero attached hydrogens (tertiary/aromatic N) is 1. The minimum absolute atomic E-state index is 0.0611. The van der Waals surface area contributed by atoms with Gasteiger partial charge in [-0.2, -0.15) is 0 Å². The molecule has 0 aliphatic heterocycles. The van der Waals surface area contributed by atoms with Crippen molar-refractivity contribution in [2.24, 2.45) is 0 Å². The van der Waals surface area contributed by atoms with Gasteiger partial charge in [-0.25, -0.2) is 13.9 Å². The number of nitrogens with one attached hydrogen (secondary N) is 2. The van der Waals surface area contributed by atoms with Crippen molar-refractivity contribution in [2.45, 2.75) is 11.3 Å². The van der Waals surface area contributed by atoms with Crippen LogP contribution in [0, 0.1) is 10.1 Å². The van der Waals surface area contributed by atoms with Gasteiger partial charge in [0.2, 0.25) is 5.91 Å². The maximum atomic E-state index is 12.3. The second-order valence-electron chi connectivity index (χ2n) is 4.77. The number of carbonyl (C=O) groups is 1. The van der Waals surface area contributed by atoms with Gasteiger partial charge in [0.05, 0.1) is 16.2 Å². The fraction of sp³-hybridized carbons (Fsp3) is 0.0714. The zero-order chi connectivity index (χ0) is 17.7. The van der Waals surface area contributed by atoms with E-state index < -0.39 is 20.9 Å². The Balaban J connectivity index is 2.18. The van der Waals surface area contributed by atoms with Gasteiger partial charge in [0.15, 0.2) is 0 Å². The number of hydrogen-bond acceptors (Lipinski definition) is 6. The normalized spacial score (nSPS) is 10.9. The van der Waals surface area contributed by atoms with Gasteiger partial charge in [-0.15, -0.1) is 0 Å². The van der Waals surface area contributed by atoms with Crippen molar-refractivity contribution in [3.8, 4) is 0 Å². The van der Waals surface area contributed by atoms with Crippen LogP contribution in [0.1, 0.15) is 5.56 Å². The van der Waals surface area contributed by atoms with E-state index in [-0.39, 0.29) is 22.7 Å². The Morgan fingerprint density at radius 3 is 2.42 bits per heavy atom. The monoisotopic (exact) mass is 351 g/mol. The quantitative estimate of drug-likeness (QED) is 0.409. The van der Waals surface area contributed by atoms with Crippen molar-refractivity contribution in [3.05, 3.63) is 64.2 Å². The molecular formula is C14H13N3O6S. The highest BCUT2D eigenvalue weighted by Crippen LogP contribution is 2.20. The lowest BCUT2D eigenvalue weighted by Gasteiger charge is -2.08. The van der Waals surface area contributed by atoms with Crippen molar-refractivity contribution < 1.29 is 23.3 Å². The van der Waals surface area contributed by atoms with E-state index in [1.807, 2.05) is 0 Å². The van der Waals surface area contributed by atoms with Gasteiger partial charge < -0.3 is 0 Å². The number of sulfonamides is 1. The topological polar surface area (TPSA) is 139 Å². The number of rotatable bonds is 6. The predicted molar refractivity (Wildman–Crippen MR) is 84.0 cm³/mol. The number of nitro groups is 1. The summed E-state index contributed by atoms with van der Waals surface area (Å²) >= 11 is 0. The molecule has 9 nitrogen and oxygen atoms in total. The lowest BCUT2D eigenvalue weighted by atomic mass is 10.1. The third kappa shape index (κ3) is 4.27. The largest absolute Gasteiger partial charge is 0.289 e. The maximum absolute atomic E-state index is 12.3. The molecule has 2 aromatic rings. The molecule has 0 aliphatic carbocycles. The van der Waals surface area contributed by atoms with Crippen LogP contribution in [-0.4, -0.2) is 24.5 Å². The summed E-state index contributed by atoms with van der Waals surface area (Å²) in [6.07, 6.45) is -0.0611. The lowest BCUT2D eigenvalue weighted by Crippen LogP contribution is -2.20. The zero-order valence-electron chi connectivity index (χ0n) is 12.2. The smallest absolute Gasteiger partial charge is 0.270 e. The van der Waals surface area contributed by atoms with Crippen LogP contribution in [-0.2, 0) is 21.2 Å². The summed E-state index contributed by atoms with van der Waals surface area (Å²) in [5.41, 5.74) is 1.97. The second-order valence-corrected chi connectivity index (χ2v) is 6.45. The maximum Gasteiger partial charge on any atom is 0.270 e. The highest BCUT2D eigenvalue weighted by Gasteiger charge is 2.17. The van der Waals surface area contributed by atoms with Crippen LogP contribution in [0.3, 0.4) is 0 Å². The van der Waals surface area contributed by atoms with Crippen LogP contribution in [0.15, 0.2) is 53.4 Å². The van der Waals surface area contributed by atoms with E-state index in [0.717, 1.165) is 6.07 Å². The second kappa shape index (κ2) is 7.06. The standard InChI is InChI=1S/C14H13N3O6S/c18-14(15-19)8-10-4-6-11(7-5-10)16-24(22,23)13-3-1-2-12(9-13)17(20)21/h1-7,9,16,19H,8H2,(H,15,18). The zero-order valence-corrected chi connectivity index (χ0v) is 13.0. The van der Waals surface area contributed by atoms with E-state index >= 15 is 0 Å². The first kappa shape index (κ1) is 17.4. The van der Waals surface area contributed by atoms with E-state index in [9.17, 15) is 23.3 Å². The van der Waals surface area contributed by atoms with Crippen LogP contribution in [0.5, 0.6) is 0 Å². The molecule has 0 aromatic heterocycles. The first-order valence-corrected chi connectivity index (χ1v) is 8.09. The molecule has 0 heterocycles. The number of benzene rings is 2. The Morgan fingerprint density at radius 2 is 1.83 bits per heavy atom. The van der Waals surface area contributed by atoms with Crippen molar-refractivity contribution in [3.63, 3.8) is 0 Å². The average molecular weight is 351 g/mol. The van der Waals surface area contributed by atoms with Gasteiger partial charge in [-0.1, -0.05) is 18.2 Å². The number of carbonyl (C=O) groups excluding carboxylic acids is 1. The molecule has 0 bridgehead atoms. The summed E-state index contributed by atoms with van der Waals surface area (Å²) in [5.74, 6) is -0.597. The Kier molecular flexibility index (Phi) is 5.11. The van der Waals surface area contributed by atoms with Crippen LogP contribution in [0.25, 0.3) is 0 Å². The molecular weight excluding hydrogens is 338 g/mol. The van der Waals surface area contributed by atoms with E-state index in [2.05, 4.69) is 4.72 Å². The molecule has 24 heavy (non-hydrogen) atoms. The molecule has 0 spiro atoms. The van der Waals surface area contributed by atoms with Crippen molar-refractivity contribution >= 4 is 27.3 Å². The Hall–Kier alpha value is -2.98. The summed E-state index contributed by atoms with van der Waals surface area (Å²) < 4.78 is 26.8. The number of amides is 1. The van der Waals surface area contributed by atoms with Gasteiger partial charge in [0.1, 0.15) is 0 Å². The van der Waals surface area contributed by atoms with Crippen LogP contribution >= 0.6 is 0 Å². The number of anilines is 1. The summed E-state index contributed by atoms with van der Waals surface area (Å²) in [7, 11) is -3.98. The molecule has 3 N–H and O–H groups in total. The van der Waals surface area contributed by atoms with Crippen molar-refractivity contribution in [2.75, 3.05) is 4.72 Å². The van der Waals surface area contributed by atoms with Gasteiger partial charge in [0, 0.05) is 17.8 Å². The van der Waals surface area contributed by atoms with Crippen molar-refractivity contribution in [1.82, 2.24) is 5.48 Å². The van der Waals surface area contributed by atoms with Crippen LogP contribution < -0.4 is 10.2 Å². The fourth-order valence-electron chi connectivity index (χ4n) is 1.89. The number of hydrogen-bond donors (Lipinski definition) is 3. The summed E-state index contributed by atoms with van der Waals surface area (Å²) in [6.45, 7) is 0.